The summed E-state index contributed by atoms with van der Waals surface area (Å²) in [5.74, 6) is 0. The van der Waals surface area contributed by atoms with Gasteiger partial charge in [0.1, 0.15) is 0 Å². The molecule has 1 aliphatic carbocycles. The zero-order valence-electron chi connectivity index (χ0n) is 9.84. The van der Waals surface area contributed by atoms with E-state index in [9.17, 15) is 5.11 Å². The molecule has 0 unspecified atom stereocenters. The summed E-state index contributed by atoms with van der Waals surface area (Å²) in [6, 6.07) is 0. The van der Waals surface area contributed by atoms with Crippen LogP contribution >= 0.6 is 0 Å². The van der Waals surface area contributed by atoms with Crippen molar-refractivity contribution in [1.29, 1.82) is 0 Å². The lowest BCUT2D eigenvalue weighted by atomic mass is 9.56. The first-order valence-electron chi connectivity index (χ1n) is 6.31. The highest BCUT2D eigenvalue weighted by Gasteiger charge is 2.53. The standard InChI is InChI=1S/C12H24N2O/c1-2-14-8-6-12(15,7-9-14)11(10-13)4-3-5-11/h15H,2-10,13H2,1H3. The highest BCUT2D eigenvalue weighted by molar-refractivity contribution is 5.06. The maximum absolute atomic E-state index is 10.7. The second-order valence-electron chi connectivity index (χ2n) is 5.30. The van der Waals surface area contributed by atoms with Crippen LogP contribution in [0.15, 0.2) is 0 Å². The van der Waals surface area contributed by atoms with Crippen molar-refractivity contribution >= 4 is 0 Å². The fourth-order valence-corrected chi connectivity index (χ4v) is 3.23. The van der Waals surface area contributed by atoms with Crippen molar-refractivity contribution in [3.8, 4) is 0 Å². The lowest BCUT2D eigenvalue weighted by Crippen LogP contribution is -2.60. The van der Waals surface area contributed by atoms with Gasteiger partial charge in [-0.1, -0.05) is 13.3 Å². The molecule has 2 aliphatic rings. The monoisotopic (exact) mass is 212 g/mol. The van der Waals surface area contributed by atoms with Gasteiger partial charge < -0.3 is 15.7 Å². The maximum atomic E-state index is 10.7. The zero-order valence-corrected chi connectivity index (χ0v) is 9.84. The van der Waals surface area contributed by atoms with E-state index >= 15 is 0 Å². The van der Waals surface area contributed by atoms with E-state index in [1.165, 1.54) is 6.42 Å². The van der Waals surface area contributed by atoms with Gasteiger partial charge in [-0.3, -0.25) is 0 Å². The molecule has 88 valence electrons. The van der Waals surface area contributed by atoms with E-state index < -0.39 is 5.60 Å². The van der Waals surface area contributed by atoms with Crippen molar-refractivity contribution < 1.29 is 5.11 Å². The number of likely N-dealkylation sites (tertiary alicyclic amines) is 1. The van der Waals surface area contributed by atoms with Crippen molar-refractivity contribution in [1.82, 2.24) is 4.90 Å². The number of hydrogen-bond donors (Lipinski definition) is 2. The third-order valence-electron chi connectivity index (χ3n) is 4.82. The van der Waals surface area contributed by atoms with E-state index in [1.807, 2.05) is 0 Å². The predicted molar refractivity (Wildman–Crippen MR) is 61.6 cm³/mol. The Morgan fingerprint density at radius 3 is 2.13 bits per heavy atom. The Kier molecular flexibility index (Phi) is 3.06. The van der Waals surface area contributed by atoms with Crippen LogP contribution in [0.3, 0.4) is 0 Å². The smallest absolute Gasteiger partial charge is 0.0740 e. The first-order chi connectivity index (χ1) is 7.16. The predicted octanol–water partition coefficient (Wildman–Crippen LogP) is 0.962. The first kappa shape index (κ1) is 11.4. The molecule has 0 aromatic rings. The Morgan fingerprint density at radius 1 is 1.20 bits per heavy atom. The Hall–Kier alpha value is -0.120. The van der Waals surface area contributed by atoms with Crippen LogP contribution in [0.1, 0.15) is 39.0 Å². The average molecular weight is 212 g/mol. The molecule has 2 rings (SSSR count). The van der Waals surface area contributed by atoms with Crippen LogP contribution in [0.2, 0.25) is 0 Å². The molecule has 1 aliphatic heterocycles. The normalized spacial score (nSPS) is 29.8. The molecule has 0 aromatic carbocycles. The molecule has 0 radical (unpaired) electrons. The molecule has 0 aromatic heterocycles. The summed E-state index contributed by atoms with van der Waals surface area (Å²) < 4.78 is 0. The molecule has 1 saturated heterocycles. The minimum absolute atomic E-state index is 0.0623. The van der Waals surface area contributed by atoms with Crippen LogP contribution in [-0.2, 0) is 0 Å². The van der Waals surface area contributed by atoms with Crippen molar-refractivity contribution in [2.75, 3.05) is 26.2 Å². The summed E-state index contributed by atoms with van der Waals surface area (Å²) in [5.41, 5.74) is 5.47. The summed E-state index contributed by atoms with van der Waals surface area (Å²) in [5, 5.41) is 10.7. The van der Waals surface area contributed by atoms with E-state index in [-0.39, 0.29) is 5.41 Å². The third-order valence-corrected chi connectivity index (χ3v) is 4.82. The Labute approximate surface area is 92.6 Å². The summed E-state index contributed by atoms with van der Waals surface area (Å²) in [6.07, 6.45) is 5.34. The fourth-order valence-electron chi connectivity index (χ4n) is 3.23. The third kappa shape index (κ3) is 1.71. The average Bonchev–Trinajstić information content (AvgIpc) is 2.18. The van der Waals surface area contributed by atoms with E-state index in [0.29, 0.717) is 6.54 Å². The van der Waals surface area contributed by atoms with Gasteiger partial charge in [0.2, 0.25) is 0 Å². The van der Waals surface area contributed by atoms with Crippen molar-refractivity contribution in [2.45, 2.75) is 44.6 Å². The topological polar surface area (TPSA) is 49.5 Å². The van der Waals surface area contributed by atoms with Gasteiger partial charge in [-0.2, -0.15) is 0 Å². The van der Waals surface area contributed by atoms with Crippen LogP contribution in [0.4, 0.5) is 0 Å². The van der Waals surface area contributed by atoms with Gasteiger partial charge in [0, 0.05) is 25.0 Å². The number of aliphatic hydroxyl groups is 1. The van der Waals surface area contributed by atoms with E-state index in [0.717, 1.165) is 45.3 Å². The van der Waals surface area contributed by atoms with Crippen molar-refractivity contribution in [2.24, 2.45) is 11.1 Å². The second-order valence-corrected chi connectivity index (χ2v) is 5.30. The lowest BCUT2D eigenvalue weighted by molar-refractivity contribution is -0.151. The SMILES string of the molecule is CCN1CCC(O)(C2(CN)CCC2)CC1. The van der Waals surface area contributed by atoms with Gasteiger partial charge in [0.15, 0.2) is 0 Å². The Balaban J connectivity index is 2.02. The summed E-state index contributed by atoms with van der Waals surface area (Å²) in [7, 11) is 0. The molecule has 1 heterocycles. The number of hydrogen-bond acceptors (Lipinski definition) is 3. The fraction of sp³-hybridized carbons (Fsp3) is 1.00. The molecule has 0 bridgehead atoms. The molecular weight excluding hydrogens is 188 g/mol. The van der Waals surface area contributed by atoms with Crippen LogP contribution in [0, 0.1) is 5.41 Å². The summed E-state index contributed by atoms with van der Waals surface area (Å²) in [4.78, 5) is 2.41. The van der Waals surface area contributed by atoms with Gasteiger partial charge in [0.05, 0.1) is 5.60 Å². The number of nitrogens with two attached hydrogens (primary N) is 1. The van der Waals surface area contributed by atoms with Crippen LogP contribution < -0.4 is 5.73 Å². The van der Waals surface area contributed by atoms with Crippen molar-refractivity contribution in [3.63, 3.8) is 0 Å². The van der Waals surface area contributed by atoms with E-state index in [1.54, 1.807) is 0 Å². The van der Waals surface area contributed by atoms with Gasteiger partial charge in [-0.15, -0.1) is 0 Å². The number of nitrogens with zero attached hydrogens (tertiary/aromatic N) is 1. The highest BCUT2D eigenvalue weighted by atomic mass is 16.3. The van der Waals surface area contributed by atoms with Gasteiger partial charge >= 0.3 is 0 Å². The molecule has 0 spiro atoms. The van der Waals surface area contributed by atoms with Gasteiger partial charge in [0.25, 0.3) is 0 Å². The number of rotatable bonds is 3. The molecule has 3 nitrogen and oxygen atoms in total. The Morgan fingerprint density at radius 2 is 1.80 bits per heavy atom. The van der Waals surface area contributed by atoms with Crippen LogP contribution in [-0.4, -0.2) is 41.8 Å². The second kappa shape index (κ2) is 4.04. The largest absolute Gasteiger partial charge is 0.389 e. The van der Waals surface area contributed by atoms with Gasteiger partial charge in [-0.25, -0.2) is 0 Å². The molecule has 2 fully saturated rings. The molecule has 0 atom stereocenters. The van der Waals surface area contributed by atoms with Crippen molar-refractivity contribution in [3.05, 3.63) is 0 Å². The molecule has 0 amide bonds. The molecule has 15 heavy (non-hydrogen) atoms. The summed E-state index contributed by atoms with van der Waals surface area (Å²) in [6.45, 7) is 6.03. The Bertz CT molecular complexity index is 212. The van der Waals surface area contributed by atoms with E-state index in [4.69, 9.17) is 5.73 Å². The minimum Gasteiger partial charge on any atom is -0.389 e. The minimum atomic E-state index is -0.467. The van der Waals surface area contributed by atoms with Gasteiger partial charge in [-0.05, 0) is 32.2 Å². The zero-order chi connectivity index (χ0) is 10.9. The molecule has 3 N–H and O–H groups in total. The van der Waals surface area contributed by atoms with Crippen LogP contribution in [0.5, 0.6) is 0 Å². The first-order valence-corrected chi connectivity index (χ1v) is 6.31. The maximum Gasteiger partial charge on any atom is 0.0740 e. The lowest BCUT2D eigenvalue weighted by Gasteiger charge is -2.55. The molecule has 3 heteroatoms. The molecular formula is C12H24N2O. The van der Waals surface area contributed by atoms with Crippen LogP contribution in [0.25, 0.3) is 0 Å². The van der Waals surface area contributed by atoms with E-state index in [2.05, 4.69) is 11.8 Å². The quantitative estimate of drug-likeness (QED) is 0.732. The highest BCUT2D eigenvalue weighted by Crippen LogP contribution is 2.52. The summed E-state index contributed by atoms with van der Waals surface area (Å²) >= 11 is 0. The molecule has 1 saturated carbocycles. The number of piperidine rings is 1.